The predicted octanol–water partition coefficient (Wildman–Crippen LogP) is 6.16. The molecule has 1 heterocycles. The van der Waals surface area contributed by atoms with Crippen molar-refractivity contribution in [2.24, 2.45) is 0 Å². The lowest BCUT2D eigenvalue weighted by molar-refractivity contribution is 0.102. The highest BCUT2D eigenvalue weighted by Crippen LogP contribution is 2.33. The number of hydrogen-bond donors (Lipinski definition) is 0. The van der Waals surface area contributed by atoms with Crippen molar-refractivity contribution in [3.8, 4) is 17.2 Å². The van der Waals surface area contributed by atoms with Crippen molar-refractivity contribution in [2.75, 3.05) is 12.4 Å². The highest BCUT2D eigenvalue weighted by molar-refractivity contribution is 7.99. The van der Waals surface area contributed by atoms with Gasteiger partial charge in [-0.05, 0) is 43.4 Å². The van der Waals surface area contributed by atoms with E-state index in [9.17, 15) is 4.79 Å². The molecule has 0 saturated heterocycles. The first kappa shape index (κ1) is 20.7. The number of benzene rings is 2. The molecule has 156 valence electrons. The van der Waals surface area contributed by atoms with Crippen molar-refractivity contribution in [3.05, 3.63) is 59.7 Å². The van der Waals surface area contributed by atoms with Gasteiger partial charge in [0.05, 0.1) is 17.9 Å². The Kier molecular flexibility index (Phi) is 6.84. The molecule has 1 aliphatic rings. The molecule has 0 aliphatic heterocycles. The van der Waals surface area contributed by atoms with Crippen molar-refractivity contribution >= 4 is 17.5 Å². The van der Waals surface area contributed by atoms with Crippen LogP contribution < -0.4 is 4.74 Å². The van der Waals surface area contributed by atoms with E-state index in [2.05, 4.69) is 22.3 Å². The average Bonchev–Trinajstić information content (AvgIpc) is 3.28. The number of hydrogen-bond acceptors (Lipinski definition) is 6. The fourth-order valence-corrected chi connectivity index (χ4v) is 4.55. The van der Waals surface area contributed by atoms with Gasteiger partial charge in [0.1, 0.15) is 5.75 Å². The summed E-state index contributed by atoms with van der Waals surface area (Å²) < 4.78 is 11.4. The molecule has 0 spiro atoms. The molecule has 0 N–H and O–H groups in total. The summed E-state index contributed by atoms with van der Waals surface area (Å²) in [6.07, 6.45) is 6.48. The zero-order valence-electron chi connectivity index (χ0n) is 17.2. The van der Waals surface area contributed by atoms with Crippen LogP contribution in [-0.4, -0.2) is 28.3 Å². The zero-order chi connectivity index (χ0) is 20.8. The Morgan fingerprint density at radius 2 is 1.83 bits per heavy atom. The van der Waals surface area contributed by atoms with Crippen LogP contribution in [0.3, 0.4) is 0 Å². The number of ketones is 1. The van der Waals surface area contributed by atoms with E-state index >= 15 is 0 Å². The predicted molar refractivity (Wildman–Crippen MR) is 118 cm³/mol. The molecule has 2 aromatic carbocycles. The fourth-order valence-electron chi connectivity index (χ4n) is 3.89. The van der Waals surface area contributed by atoms with E-state index in [1.54, 1.807) is 0 Å². The van der Waals surface area contributed by atoms with Crippen LogP contribution >= 0.6 is 11.8 Å². The lowest BCUT2D eigenvalue weighted by Crippen LogP contribution is -2.06. The number of rotatable bonds is 8. The molecule has 5 nitrogen and oxygen atoms in total. The maximum Gasteiger partial charge on any atom is 0.277 e. The zero-order valence-corrected chi connectivity index (χ0v) is 18.0. The van der Waals surface area contributed by atoms with E-state index in [0.717, 1.165) is 11.1 Å². The molecule has 1 aromatic heterocycles. The molecule has 6 heteroatoms. The summed E-state index contributed by atoms with van der Waals surface area (Å²) in [6.45, 7) is 2.49. The molecule has 1 aliphatic carbocycles. The van der Waals surface area contributed by atoms with Gasteiger partial charge in [-0.15, -0.1) is 10.2 Å². The van der Waals surface area contributed by atoms with Crippen molar-refractivity contribution in [3.63, 3.8) is 0 Å². The molecule has 30 heavy (non-hydrogen) atoms. The van der Waals surface area contributed by atoms with Gasteiger partial charge in [-0.1, -0.05) is 67.4 Å². The Balaban J connectivity index is 1.36. The third kappa shape index (κ3) is 4.93. The van der Waals surface area contributed by atoms with E-state index in [1.807, 2.05) is 43.3 Å². The largest absolute Gasteiger partial charge is 0.493 e. The van der Waals surface area contributed by atoms with Gasteiger partial charge in [-0.3, -0.25) is 4.79 Å². The Hall–Kier alpha value is -2.60. The Bertz CT molecular complexity index is 978. The minimum atomic E-state index is 0.0599. The highest BCUT2D eigenvalue weighted by Gasteiger charge is 2.17. The van der Waals surface area contributed by atoms with Crippen LogP contribution in [0.25, 0.3) is 11.5 Å². The molecule has 1 fully saturated rings. The van der Waals surface area contributed by atoms with Gasteiger partial charge < -0.3 is 9.15 Å². The number of ether oxygens (including phenoxy) is 1. The smallest absolute Gasteiger partial charge is 0.277 e. The third-order valence-corrected chi connectivity index (χ3v) is 6.28. The molecule has 0 atom stereocenters. The average molecular weight is 423 g/mol. The van der Waals surface area contributed by atoms with Gasteiger partial charge in [0.25, 0.3) is 11.1 Å². The molecule has 4 rings (SSSR count). The molecule has 0 unspecified atom stereocenters. The van der Waals surface area contributed by atoms with Crippen LogP contribution in [0.15, 0.2) is 58.2 Å². The minimum absolute atomic E-state index is 0.0599. The molecule has 1 saturated carbocycles. The van der Waals surface area contributed by atoms with Gasteiger partial charge in [0.15, 0.2) is 5.78 Å². The van der Waals surface area contributed by atoms with E-state index < -0.39 is 0 Å². The van der Waals surface area contributed by atoms with Gasteiger partial charge in [-0.2, -0.15) is 0 Å². The van der Waals surface area contributed by atoms with Crippen LogP contribution in [-0.2, 0) is 0 Å². The van der Waals surface area contributed by atoms with E-state index in [4.69, 9.17) is 9.15 Å². The van der Waals surface area contributed by atoms with Gasteiger partial charge in [0, 0.05) is 5.56 Å². The topological polar surface area (TPSA) is 65.2 Å². The normalized spacial score (nSPS) is 14.6. The molecular formula is C24H26N2O3S. The number of nitrogens with zero attached hydrogens (tertiary/aromatic N) is 2. The van der Waals surface area contributed by atoms with Crippen molar-refractivity contribution in [1.82, 2.24) is 10.2 Å². The van der Waals surface area contributed by atoms with Crippen molar-refractivity contribution in [2.45, 2.75) is 50.2 Å². The Labute approximate surface area is 181 Å². The summed E-state index contributed by atoms with van der Waals surface area (Å²) in [4.78, 5) is 12.6. The Morgan fingerprint density at radius 3 is 2.60 bits per heavy atom. The lowest BCUT2D eigenvalue weighted by atomic mass is 9.84. The first-order valence-corrected chi connectivity index (χ1v) is 11.5. The van der Waals surface area contributed by atoms with E-state index in [1.165, 1.54) is 49.4 Å². The van der Waals surface area contributed by atoms with Gasteiger partial charge in [0.2, 0.25) is 0 Å². The highest BCUT2D eigenvalue weighted by atomic mass is 32.2. The maximum atomic E-state index is 12.6. The minimum Gasteiger partial charge on any atom is -0.493 e. The summed E-state index contributed by atoms with van der Waals surface area (Å²) in [5, 5.41) is 8.57. The number of carbonyl (C=O) groups is 1. The number of Topliss-reactive ketones (excluding diaryl/α,β-unsaturated/α-hetero) is 1. The van der Waals surface area contributed by atoms with E-state index in [-0.39, 0.29) is 11.5 Å². The molecule has 0 amide bonds. The van der Waals surface area contributed by atoms with E-state index in [0.29, 0.717) is 29.4 Å². The second kappa shape index (κ2) is 9.94. The second-order valence-corrected chi connectivity index (χ2v) is 8.40. The van der Waals surface area contributed by atoms with Crippen molar-refractivity contribution < 1.29 is 13.9 Å². The van der Waals surface area contributed by atoms with Crippen LogP contribution in [0.2, 0.25) is 0 Å². The van der Waals surface area contributed by atoms with Gasteiger partial charge >= 0.3 is 0 Å². The summed E-state index contributed by atoms with van der Waals surface area (Å²) in [5.41, 5.74) is 2.83. The molecular weight excluding hydrogens is 396 g/mol. The van der Waals surface area contributed by atoms with Crippen LogP contribution in [0.5, 0.6) is 5.75 Å². The van der Waals surface area contributed by atoms with Crippen LogP contribution in [0.4, 0.5) is 0 Å². The van der Waals surface area contributed by atoms with Crippen LogP contribution in [0.1, 0.15) is 60.9 Å². The molecule has 3 aromatic rings. The number of para-hydroxylation sites is 1. The van der Waals surface area contributed by atoms with Gasteiger partial charge in [-0.25, -0.2) is 0 Å². The monoisotopic (exact) mass is 422 g/mol. The number of thioether (sulfide) groups is 1. The first-order valence-electron chi connectivity index (χ1n) is 10.6. The molecule has 0 bridgehead atoms. The number of aromatic nitrogens is 2. The summed E-state index contributed by atoms with van der Waals surface area (Å²) >= 11 is 1.26. The quantitative estimate of drug-likeness (QED) is 0.320. The maximum absolute atomic E-state index is 12.6. The Morgan fingerprint density at radius 1 is 1.07 bits per heavy atom. The second-order valence-electron chi connectivity index (χ2n) is 7.47. The molecule has 0 radical (unpaired) electrons. The summed E-state index contributed by atoms with van der Waals surface area (Å²) in [5.74, 6) is 2.07. The first-order chi connectivity index (χ1) is 14.7. The number of carbonyl (C=O) groups excluding carboxylic acids is 1. The summed E-state index contributed by atoms with van der Waals surface area (Å²) in [7, 11) is 0. The standard InChI is InChI=1S/C24H26N2O3S/c1-2-28-22-11-7-6-10-20(22)23-25-26-24(29-23)30-16-21(27)19-14-12-18(13-15-19)17-8-4-3-5-9-17/h6-7,10-15,17H,2-5,8-9,16H2,1H3. The lowest BCUT2D eigenvalue weighted by Gasteiger charge is -2.22. The SMILES string of the molecule is CCOc1ccccc1-c1nnc(SCC(=O)c2ccc(C3CCCCC3)cc2)o1. The van der Waals surface area contributed by atoms with Crippen LogP contribution in [0, 0.1) is 0 Å². The summed E-state index contributed by atoms with van der Waals surface area (Å²) in [6, 6.07) is 15.7. The van der Waals surface area contributed by atoms with Crippen molar-refractivity contribution in [1.29, 1.82) is 0 Å². The fraction of sp³-hybridized carbons (Fsp3) is 0.375. The third-order valence-electron chi connectivity index (χ3n) is 5.46.